The molecule has 0 aliphatic heterocycles. The van der Waals surface area contributed by atoms with Crippen LogP contribution >= 0.6 is 0 Å². The highest BCUT2D eigenvalue weighted by atomic mass is 16.5. The molecule has 3 unspecified atom stereocenters. The number of methoxy groups -OCH3 is 1. The van der Waals surface area contributed by atoms with Gasteiger partial charge in [-0.05, 0) is 31.1 Å². The largest absolute Gasteiger partial charge is 0.480 e. The summed E-state index contributed by atoms with van der Waals surface area (Å²) >= 11 is 0. The third-order valence-electron chi connectivity index (χ3n) is 4.01. The van der Waals surface area contributed by atoms with Gasteiger partial charge in [0.05, 0.1) is 0 Å². The molecule has 6 heteroatoms. The van der Waals surface area contributed by atoms with Gasteiger partial charge in [0.2, 0.25) is 0 Å². The molecular formula is C14H26N2O4. The molecule has 0 spiro atoms. The van der Waals surface area contributed by atoms with Crippen molar-refractivity contribution in [1.82, 2.24) is 10.6 Å². The Morgan fingerprint density at radius 2 is 2.15 bits per heavy atom. The molecule has 0 saturated heterocycles. The number of carboxylic acids is 1. The van der Waals surface area contributed by atoms with Crippen LogP contribution in [0.25, 0.3) is 0 Å². The minimum absolute atomic E-state index is 0.371. The van der Waals surface area contributed by atoms with Gasteiger partial charge in [0.15, 0.2) is 0 Å². The fourth-order valence-corrected chi connectivity index (χ4v) is 2.65. The van der Waals surface area contributed by atoms with E-state index in [0.717, 1.165) is 6.42 Å². The standard InChI is InChI=1S/C14H26N2O4/c1-10-5-3-6-11(10)9-15-14(19)16-12(13(17)18)7-4-8-20-2/h10-12H,3-9H2,1-2H3,(H,17,18)(H2,15,16,19). The number of carbonyl (C=O) groups is 2. The molecule has 0 heterocycles. The zero-order valence-electron chi connectivity index (χ0n) is 12.4. The predicted octanol–water partition coefficient (Wildman–Crippen LogP) is 1.60. The van der Waals surface area contributed by atoms with Crippen molar-refractivity contribution in [3.8, 4) is 0 Å². The Balaban J connectivity index is 2.28. The van der Waals surface area contributed by atoms with E-state index in [1.165, 1.54) is 12.8 Å². The molecule has 1 fully saturated rings. The number of ether oxygens (including phenoxy) is 1. The number of amides is 2. The lowest BCUT2D eigenvalue weighted by Crippen LogP contribution is -2.47. The van der Waals surface area contributed by atoms with Crippen molar-refractivity contribution in [1.29, 1.82) is 0 Å². The number of urea groups is 1. The molecule has 1 aliphatic carbocycles. The first kappa shape index (κ1) is 16.8. The Morgan fingerprint density at radius 1 is 1.40 bits per heavy atom. The molecule has 1 rings (SSSR count). The third kappa shape index (κ3) is 5.77. The summed E-state index contributed by atoms with van der Waals surface area (Å²) in [6, 6.07) is -1.25. The molecule has 116 valence electrons. The Hall–Kier alpha value is -1.30. The van der Waals surface area contributed by atoms with Crippen LogP contribution in [-0.2, 0) is 9.53 Å². The Morgan fingerprint density at radius 3 is 2.70 bits per heavy atom. The maximum absolute atomic E-state index is 11.7. The summed E-state index contributed by atoms with van der Waals surface area (Å²) in [5, 5.41) is 14.4. The van der Waals surface area contributed by atoms with Crippen LogP contribution in [-0.4, -0.2) is 43.4 Å². The first-order valence-electron chi connectivity index (χ1n) is 7.30. The molecule has 0 radical (unpaired) electrons. The molecule has 0 aromatic rings. The van der Waals surface area contributed by atoms with Gasteiger partial charge in [-0.1, -0.05) is 19.8 Å². The first-order chi connectivity index (χ1) is 9.54. The molecule has 3 atom stereocenters. The lowest BCUT2D eigenvalue weighted by atomic mass is 9.98. The number of hydrogen-bond donors (Lipinski definition) is 3. The van der Waals surface area contributed by atoms with E-state index >= 15 is 0 Å². The second-order valence-electron chi connectivity index (χ2n) is 5.55. The van der Waals surface area contributed by atoms with Crippen molar-refractivity contribution < 1.29 is 19.4 Å². The van der Waals surface area contributed by atoms with E-state index in [2.05, 4.69) is 17.6 Å². The van der Waals surface area contributed by atoms with Gasteiger partial charge in [-0.3, -0.25) is 0 Å². The molecule has 1 saturated carbocycles. The van der Waals surface area contributed by atoms with Crippen LogP contribution in [0.1, 0.15) is 39.0 Å². The Bertz CT molecular complexity index is 322. The monoisotopic (exact) mass is 286 g/mol. The van der Waals surface area contributed by atoms with Crippen molar-refractivity contribution in [2.45, 2.75) is 45.1 Å². The van der Waals surface area contributed by atoms with Crippen LogP contribution in [0.4, 0.5) is 4.79 Å². The SMILES string of the molecule is COCCCC(NC(=O)NCC1CCCC1C)C(=O)O. The van der Waals surface area contributed by atoms with Gasteiger partial charge in [-0.2, -0.15) is 0 Å². The van der Waals surface area contributed by atoms with E-state index in [4.69, 9.17) is 9.84 Å². The molecule has 1 aliphatic rings. The van der Waals surface area contributed by atoms with Crippen LogP contribution < -0.4 is 10.6 Å². The lowest BCUT2D eigenvalue weighted by molar-refractivity contribution is -0.139. The summed E-state index contributed by atoms with van der Waals surface area (Å²) < 4.78 is 4.88. The number of nitrogens with one attached hydrogen (secondary N) is 2. The Kier molecular flexibility index (Phi) is 7.36. The van der Waals surface area contributed by atoms with Gasteiger partial charge < -0.3 is 20.5 Å². The number of hydrogen-bond acceptors (Lipinski definition) is 3. The average molecular weight is 286 g/mol. The van der Waals surface area contributed by atoms with Crippen molar-refractivity contribution >= 4 is 12.0 Å². The number of aliphatic carboxylic acids is 1. The smallest absolute Gasteiger partial charge is 0.326 e. The highest BCUT2D eigenvalue weighted by molar-refractivity contribution is 5.82. The Labute approximate surface area is 120 Å². The van der Waals surface area contributed by atoms with Gasteiger partial charge in [0, 0.05) is 20.3 Å². The van der Waals surface area contributed by atoms with E-state index < -0.39 is 18.0 Å². The summed E-state index contributed by atoms with van der Waals surface area (Å²) in [4.78, 5) is 22.8. The fourth-order valence-electron chi connectivity index (χ4n) is 2.65. The summed E-state index contributed by atoms with van der Waals surface area (Å²) in [6.45, 7) is 3.31. The predicted molar refractivity (Wildman–Crippen MR) is 75.6 cm³/mol. The van der Waals surface area contributed by atoms with E-state index in [-0.39, 0.29) is 0 Å². The molecule has 0 aromatic carbocycles. The normalized spacial score (nSPS) is 23.3. The summed E-state index contributed by atoms with van der Waals surface area (Å²) in [6.07, 6.45) is 4.54. The summed E-state index contributed by atoms with van der Waals surface area (Å²) in [5.74, 6) is 0.135. The third-order valence-corrected chi connectivity index (χ3v) is 4.01. The summed E-state index contributed by atoms with van der Waals surface area (Å²) in [7, 11) is 1.57. The second-order valence-corrected chi connectivity index (χ2v) is 5.55. The van der Waals surface area contributed by atoms with Gasteiger partial charge in [0.1, 0.15) is 6.04 Å². The number of rotatable bonds is 8. The molecule has 0 bridgehead atoms. The van der Waals surface area contributed by atoms with Crippen LogP contribution in [0.2, 0.25) is 0 Å². The van der Waals surface area contributed by atoms with E-state index in [9.17, 15) is 9.59 Å². The van der Waals surface area contributed by atoms with Crippen LogP contribution in [0, 0.1) is 11.8 Å². The second kappa shape index (κ2) is 8.79. The molecular weight excluding hydrogens is 260 g/mol. The van der Waals surface area contributed by atoms with Crippen LogP contribution in [0.3, 0.4) is 0 Å². The minimum atomic E-state index is -1.01. The molecule has 20 heavy (non-hydrogen) atoms. The van der Waals surface area contributed by atoms with E-state index in [1.54, 1.807) is 7.11 Å². The van der Waals surface area contributed by atoms with Crippen molar-refractivity contribution in [3.05, 3.63) is 0 Å². The zero-order chi connectivity index (χ0) is 15.0. The fraction of sp³-hybridized carbons (Fsp3) is 0.857. The molecule has 3 N–H and O–H groups in total. The van der Waals surface area contributed by atoms with Crippen LogP contribution in [0.5, 0.6) is 0 Å². The topological polar surface area (TPSA) is 87.7 Å². The highest BCUT2D eigenvalue weighted by Crippen LogP contribution is 2.30. The van der Waals surface area contributed by atoms with Crippen molar-refractivity contribution in [2.24, 2.45) is 11.8 Å². The first-order valence-corrected chi connectivity index (χ1v) is 7.30. The quantitative estimate of drug-likeness (QED) is 0.591. The number of carboxylic acid groups (broad SMARTS) is 1. The van der Waals surface area contributed by atoms with Crippen LogP contribution in [0.15, 0.2) is 0 Å². The van der Waals surface area contributed by atoms with Gasteiger partial charge in [-0.15, -0.1) is 0 Å². The van der Waals surface area contributed by atoms with Gasteiger partial charge in [0.25, 0.3) is 0 Å². The van der Waals surface area contributed by atoms with Gasteiger partial charge in [-0.25, -0.2) is 9.59 Å². The zero-order valence-corrected chi connectivity index (χ0v) is 12.4. The highest BCUT2D eigenvalue weighted by Gasteiger charge is 2.24. The van der Waals surface area contributed by atoms with Gasteiger partial charge >= 0.3 is 12.0 Å². The molecule has 2 amide bonds. The maximum Gasteiger partial charge on any atom is 0.326 e. The average Bonchev–Trinajstić information content (AvgIpc) is 2.81. The van der Waals surface area contributed by atoms with Crippen molar-refractivity contribution in [2.75, 3.05) is 20.3 Å². The minimum Gasteiger partial charge on any atom is -0.480 e. The van der Waals surface area contributed by atoms with E-state index in [1.807, 2.05) is 0 Å². The molecule has 0 aromatic heterocycles. The molecule has 6 nitrogen and oxygen atoms in total. The van der Waals surface area contributed by atoms with E-state index in [0.29, 0.717) is 37.8 Å². The lowest BCUT2D eigenvalue weighted by Gasteiger charge is -2.18. The number of carbonyl (C=O) groups excluding carboxylic acids is 1. The summed E-state index contributed by atoms with van der Waals surface area (Å²) in [5.41, 5.74) is 0. The maximum atomic E-state index is 11.7. The van der Waals surface area contributed by atoms with Crippen molar-refractivity contribution in [3.63, 3.8) is 0 Å².